The van der Waals surface area contributed by atoms with Crippen molar-refractivity contribution in [1.29, 1.82) is 0 Å². The molecule has 1 saturated carbocycles. The van der Waals surface area contributed by atoms with Crippen molar-refractivity contribution in [3.8, 4) is 11.5 Å². The van der Waals surface area contributed by atoms with Crippen LogP contribution < -0.4 is 9.47 Å². The molecule has 2 fully saturated rings. The third kappa shape index (κ3) is 4.61. The van der Waals surface area contributed by atoms with Crippen LogP contribution in [0.3, 0.4) is 0 Å². The minimum atomic E-state index is -0.635. The molecule has 6 heteroatoms. The number of benzene rings is 2. The summed E-state index contributed by atoms with van der Waals surface area (Å²) in [5, 5.41) is 11.2. The molecule has 1 atom stereocenters. The number of ketones is 1. The number of aliphatic hydroxyl groups excluding tert-OH is 1. The van der Waals surface area contributed by atoms with Crippen LogP contribution in [-0.2, 0) is 9.59 Å². The molecule has 1 saturated heterocycles. The molecule has 1 heterocycles. The topological polar surface area (TPSA) is 76.1 Å². The van der Waals surface area contributed by atoms with Crippen molar-refractivity contribution in [2.75, 3.05) is 13.2 Å². The molecule has 0 bridgehead atoms. The maximum Gasteiger partial charge on any atom is 0.295 e. The Morgan fingerprint density at radius 2 is 1.55 bits per heavy atom. The number of ether oxygens (including phenoxy) is 2. The highest BCUT2D eigenvalue weighted by molar-refractivity contribution is 6.46. The van der Waals surface area contributed by atoms with Gasteiger partial charge >= 0.3 is 0 Å². The van der Waals surface area contributed by atoms with Gasteiger partial charge in [0.1, 0.15) is 17.3 Å². The predicted molar refractivity (Wildman–Crippen MR) is 126 cm³/mol. The van der Waals surface area contributed by atoms with Crippen LogP contribution in [0, 0.1) is 0 Å². The van der Waals surface area contributed by atoms with E-state index in [0.29, 0.717) is 24.5 Å². The summed E-state index contributed by atoms with van der Waals surface area (Å²) in [5.41, 5.74) is 1.41. The van der Waals surface area contributed by atoms with Gasteiger partial charge in [-0.1, -0.05) is 31.9 Å². The SMILES string of the molecule is CCCOc1ccc(C2/C(=C(/O)c3ccc(OCC)cc3)C(=O)C(=O)N2C2CCCC2)cc1. The number of aliphatic hydroxyl groups is 1. The maximum atomic E-state index is 13.2. The van der Waals surface area contributed by atoms with Crippen molar-refractivity contribution >= 4 is 17.4 Å². The summed E-state index contributed by atoms with van der Waals surface area (Å²) < 4.78 is 11.2. The molecular formula is C27H31NO5. The fraction of sp³-hybridized carbons (Fsp3) is 0.407. The summed E-state index contributed by atoms with van der Waals surface area (Å²) in [4.78, 5) is 28.0. The van der Waals surface area contributed by atoms with Crippen molar-refractivity contribution in [2.45, 2.75) is 58.0 Å². The lowest BCUT2D eigenvalue weighted by Gasteiger charge is -2.30. The summed E-state index contributed by atoms with van der Waals surface area (Å²) >= 11 is 0. The summed E-state index contributed by atoms with van der Waals surface area (Å²) in [5.74, 6) is 0.0908. The Balaban J connectivity index is 1.76. The normalized spacial score (nSPS) is 20.4. The first kappa shape index (κ1) is 22.9. The molecule has 0 radical (unpaired) electrons. The lowest BCUT2D eigenvalue weighted by molar-refractivity contribution is -0.141. The summed E-state index contributed by atoms with van der Waals surface area (Å²) in [6, 6.07) is 13.8. The lowest BCUT2D eigenvalue weighted by Crippen LogP contribution is -2.37. The number of nitrogens with zero attached hydrogens (tertiary/aromatic N) is 1. The van der Waals surface area contributed by atoms with Crippen LogP contribution >= 0.6 is 0 Å². The second kappa shape index (κ2) is 10.1. The second-order valence-electron chi connectivity index (χ2n) is 8.52. The van der Waals surface area contributed by atoms with E-state index in [-0.39, 0.29) is 17.4 Å². The van der Waals surface area contributed by atoms with Gasteiger partial charge in [0, 0.05) is 11.6 Å². The van der Waals surface area contributed by atoms with E-state index in [4.69, 9.17) is 9.47 Å². The first-order valence-electron chi connectivity index (χ1n) is 11.8. The van der Waals surface area contributed by atoms with Gasteiger partial charge in [0.25, 0.3) is 11.7 Å². The van der Waals surface area contributed by atoms with Crippen molar-refractivity contribution < 1.29 is 24.2 Å². The Hall–Kier alpha value is -3.28. The number of hydrogen-bond acceptors (Lipinski definition) is 5. The zero-order valence-corrected chi connectivity index (χ0v) is 19.3. The first-order chi connectivity index (χ1) is 16.0. The van der Waals surface area contributed by atoms with E-state index in [1.54, 1.807) is 29.2 Å². The Labute approximate surface area is 194 Å². The van der Waals surface area contributed by atoms with Crippen LogP contribution in [0.5, 0.6) is 11.5 Å². The Kier molecular flexibility index (Phi) is 7.02. The van der Waals surface area contributed by atoms with E-state index in [1.807, 2.05) is 38.1 Å². The first-order valence-corrected chi connectivity index (χ1v) is 11.8. The van der Waals surface area contributed by atoms with Gasteiger partial charge < -0.3 is 19.5 Å². The van der Waals surface area contributed by atoms with Gasteiger partial charge in [0.15, 0.2) is 0 Å². The maximum absolute atomic E-state index is 13.2. The highest BCUT2D eigenvalue weighted by atomic mass is 16.5. The highest BCUT2D eigenvalue weighted by Gasteiger charge is 2.49. The molecule has 174 valence electrons. The van der Waals surface area contributed by atoms with Gasteiger partial charge in [0.2, 0.25) is 0 Å². The van der Waals surface area contributed by atoms with Gasteiger partial charge in [-0.2, -0.15) is 0 Å². The Morgan fingerprint density at radius 1 is 0.939 bits per heavy atom. The molecule has 2 aromatic carbocycles. The molecule has 1 N–H and O–H groups in total. The van der Waals surface area contributed by atoms with Crippen molar-refractivity contribution in [2.24, 2.45) is 0 Å². The van der Waals surface area contributed by atoms with Crippen LogP contribution in [0.2, 0.25) is 0 Å². The van der Waals surface area contributed by atoms with Crippen LogP contribution in [0.4, 0.5) is 0 Å². The van der Waals surface area contributed by atoms with E-state index in [2.05, 4.69) is 0 Å². The van der Waals surface area contributed by atoms with Gasteiger partial charge in [-0.25, -0.2) is 0 Å². The quantitative estimate of drug-likeness (QED) is 0.339. The predicted octanol–water partition coefficient (Wildman–Crippen LogP) is 5.24. The van der Waals surface area contributed by atoms with Gasteiger partial charge in [-0.3, -0.25) is 9.59 Å². The Bertz CT molecular complexity index is 1020. The fourth-order valence-electron chi connectivity index (χ4n) is 4.73. The van der Waals surface area contributed by atoms with E-state index in [1.165, 1.54) is 0 Å². The number of amides is 1. The lowest BCUT2D eigenvalue weighted by atomic mass is 9.94. The second-order valence-corrected chi connectivity index (χ2v) is 8.52. The minimum Gasteiger partial charge on any atom is -0.507 e. The number of hydrogen-bond donors (Lipinski definition) is 1. The Morgan fingerprint density at radius 3 is 2.15 bits per heavy atom. The van der Waals surface area contributed by atoms with Gasteiger partial charge in [0.05, 0.1) is 24.8 Å². The van der Waals surface area contributed by atoms with E-state index in [9.17, 15) is 14.7 Å². The van der Waals surface area contributed by atoms with E-state index >= 15 is 0 Å². The molecule has 6 nitrogen and oxygen atoms in total. The average molecular weight is 450 g/mol. The molecule has 1 aliphatic carbocycles. The zero-order chi connectivity index (χ0) is 23.4. The monoisotopic (exact) mass is 449 g/mol. The third-order valence-electron chi connectivity index (χ3n) is 6.31. The molecular weight excluding hydrogens is 418 g/mol. The van der Waals surface area contributed by atoms with Crippen LogP contribution in [0.15, 0.2) is 54.1 Å². The number of likely N-dealkylation sites (tertiary alicyclic amines) is 1. The molecule has 2 aromatic rings. The number of carbonyl (C=O) groups excluding carboxylic acids is 2. The zero-order valence-electron chi connectivity index (χ0n) is 19.3. The molecule has 33 heavy (non-hydrogen) atoms. The molecule has 0 spiro atoms. The third-order valence-corrected chi connectivity index (χ3v) is 6.31. The summed E-state index contributed by atoms with van der Waals surface area (Å²) in [6.45, 7) is 5.11. The largest absolute Gasteiger partial charge is 0.507 e. The van der Waals surface area contributed by atoms with Gasteiger partial charge in [-0.05, 0) is 68.1 Å². The standard InChI is InChI=1S/C27H31NO5/c1-3-17-33-22-13-9-18(10-14-22)24-23(25(29)19-11-15-21(16-12-19)32-4-2)26(30)27(31)28(24)20-7-5-6-8-20/h9-16,20,24,29H,3-8,17H2,1-2H3/b25-23-. The number of Topliss-reactive ketones (excluding diaryl/α,β-unsaturated/α-hetero) is 1. The van der Waals surface area contributed by atoms with E-state index in [0.717, 1.165) is 43.4 Å². The highest BCUT2D eigenvalue weighted by Crippen LogP contribution is 2.43. The van der Waals surface area contributed by atoms with Crippen LogP contribution in [0.25, 0.3) is 5.76 Å². The molecule has 2 aliphatic rings. The fourth-order valence-corrected chi connectivity index (χ4v) is 4.73. The van der Waals surface area contributed by atoms with Crippen LogP contribution in [0.1, 0.15) is 63.1 Å². The van der Waals surface area contributed by atoms with Crippen molar-refractivity contribution in [3.05, 3.63) is 65.2 Å². The molecule has 1 unspecified atom stereocenters. The van der Waals surface area contributed by atoms with Gasteiger partial charge in [-0.15, -0.1) is 0 Å². The number of carbonyl (C=O) groups is 2. The summed E-state index contributed by atoms with van der Waals surface area (Å²) in [7, 11) is 0. The molecule has 1 aliphatic heterocycles. The van der Waals surface area contributed by atoms with Crippen LogP contribution in [-0.4, -0.2) is 41.0 Å². The molecule has 0 aromatic heterocycles. The van der Waals surface area contributed by atoms with E-state index < -0.39 is 17.7 Å². The average Bonchev–Trinajstić information content (AvgIpc) is 3.45. The molecule has 4 rings (SSSR count). The minimum absolute atomic E-state index is 0.00639. The summed E-state index contributed by atoms with van der Waals surface area (Å²) in [6.07, 6.45) is 4.70. The molecule has 1 amide bonds. The van der Waals surface area contributed by atoms with Crippen molar-refractivity contribution in [1.82, 2.24) is 4.90 Å². The smallest absolute Gasteiger partial charge is 0.295 e. The van der Waals surface area contributed by atoms with Crippen molar-refractivity contribution in [3.63, 3.8) is 0 Å². The number of rotatable bonds is 8.